The van der Waals surface area contributed by atoms with Gasteiger partial charge in [-0.25, -0.2) is 8.42 Å². The van der Waals surface area contributed by atoms with Crippen LogP contribution in [0.5, 0.6) is 0 Å². The van der Waals surface area contributed by atoms with Gasteiger partial charge in [-0.3, -0.25) is 4.79 Å². The molecule has 1 N–H and O–H groups in total. The summed E-state index contributed by atoms with van der Waals surface area (Å²) in [7, 11) is -2.57. The molecule has 25 heavy (non-hydrogen) atoms. The Morgan fingerprint density at radius 1 is 1.16 bits per heavy atom. The predicted octanol–water partition coefficient (Wildman–Crippen LogP) is 3.12. The second kappa shape index (κ2) is 7.85. The summed E-state index contributed by atoms with van der Waals surface area (Å²) < 4.78 is 25.8. The molecule has 9 heteroatoms. The van der Waals surface area contributed by atoms with Crippen molar-refractivity contribution in [1.82, 2.24) is 4.31 Å². The molecule has 0 atom stereocenters. The SMILES string of the molecule is CN(CC(=O)Nc1cc(Cl)cc(Cl)c1)S(=O)(=O)c1ccc(C#N)cc1. The minimum Gasteiger partial charge on any atom is -0.325 e. The van der Waals surface area contributed by atoms with Crippen molar-refractivity contribution < 1.29 is 13.2 Å². The molecule has 2 aromatic carbocycles. The number of hydrogen-bond donors (Lipinski definition) is 1. The molecule has 0 saturated carbocycles. The quantitative estimate of drug-likeness (QED) is 0.838. The summed E-state index contributed by atoms with van der Waals surface area (Å²) in [5.74, 6) is -0.543. The van der Waals surface area contributed by atoms with Crippen molar-refractivity contribution in [3.05, 3.63) is 58.1 Å². The Kier molecular flexibility index (Phi) is 6.03. The third kappa shape index (κ3) is 4.94. The van der Waals surface area contributed by atoms with Gasteiger partial charge in [0.25, 0.3) is 0 Å². The van der Waals surface area contributed by atoms with Gasteiger partial charge in [0.1, 0.15) is 0 Å². The molecule has 2 rings (SSSR count). The zero-order valence-electron chi connectivity index (χ0n) is 13.0. The van der Waals surface area contributed by atoms with Crippen molar-refractivity contribution >= 4 is 44.8 Å². The summed E-state index contributed by atoms with van der Waals surface area (Å²) in [6.45, 7) is -0.396. The van der Waals surface area contributed by atoms with Crippen molar-refractivity contribution in [2.24, 2.45) is 0 Å². The lowest BCUT2D eigenvalue weighted by atomic mass is 10.2. The molecule has 6 nitrogen and oxygen atoms in total. The number of sulfonamides is 1. The van der Waals surface area contributed by atoms with Crippen LogP contribution >= 0.6 is 23.2 Å². The lowest BCUT2D eigenvalue weighted by Gasteiger charge is -2.17. The van der Waals surface area contributed by atoms with Crippen LogP contribution < -0.4 is 5.32 Å². The number of halogens is 2. The topological polar surface area (TPSA) is 90.3 Å². The number of nitriles is 1. The molecule has 0 bridgehead atoms. The Morgan fingerprint density at radius 2 is 1.72 bits per heavy atom. The maximum Gasteiger partial charge on any atom is 0.243 e. The van der Waals surface area contributed by atoms with E-state index in [4.69, 9.17) is 28.5 Å². The van der Waals surface area contributed by atoms with Crippen LogP contribution in [0.1, 0.15) is 5.56 Å². The summed E-state index contributed by atoms with van der Waals surface area (Å²) in [6, 6.07) is 11.9. The number of rotatable bonds is 5. The first-order valence-electron chi connectivity index (χ1n) is 6.95. The van der Waals surface area contributed by atoms with Gasteiger partial charge in [0.2, 0.25) is 15.9 Å². The molecule has 0 unspecified atom stereocenters. The van der Waals surface area contributed by atoms with Gasteiger partial charge < -0.3 is 5.32 Å². The molecular formula is C16H13Cl2N3O3S. The van der Waals surface area contributed by atoms with E-state index in [-0.39, 0.29) is 4.90 Å². The van der Waals surface area contributed by atoms with Gasteiger partial charge in [-0.2, -0.15) is 9.57 Å². The fourth-order valence-electron chi connectivity index (χ4n) is 2.00. The first-order chi connectivity index (χ1) is 11.7. The zero-order chi connectivity index (χ0) is 18.6. The van der Waals surface area contributed by atoms with Crippen LogP contribution in [0.4, 0.5) is 5.69 Å². The molecule has 0 heterocycles. The van der Waals surface area contributed by atoms with Crippen LogP contribution in [-0.2, 0) is 14.8 Å². The maximum absolute atomic E-state index is 12.4. The molecule has 0 aliphatic rings. The Balaban J connectivity index is 2.10. The Hall–Kier alpha value is -2.11. The van der Waals surface area contributed by atoms with Gasteiger partial charge in [-0.1, -0.05) is 23.2 Å². The van der Waals surface area contributed by atoms with E-state index in [1.807, 2.05) is 6.07 Å². The summed E-state index contributed by atoms with van der Waals surface area (Å²) in [4.78, 5) is 12.1. The fraction of sp³-hybridized carbons (Fsp3) is 0.125. The normalized spacial score (nSPS) is 11.2. The Bertz CT molecular complexity index is 918. The monoisotopic (exact) mass is 397 g/mol. The minimum atomic E-state index is -3.86. The zero-order valence-corrected chi connectivity index (χ0v) is 15.4. The molecular weight excluding hydrogens is 385 g/mol. The molecule has 0 aliphatic heterocycles. The number of anilines is 1. The second-order valence-corrected chi connectivity index (χ2v) is 8.02. The van der Waals surface area contributed by atoms with Gasteiger partial charge in [-0.05, 0) is 42.5 Å². The van der Waals surface area contributed by atoms with Gasteiger partial charge in [-0.15, -0.1) is 0 Å². The van der Waals surface area contributed by atoms with E-state index in [2.05, 4.69) is 5.32 Å². The summed E-state index contributed by atoms with van der Waals surface area (Å²) in [5, 5.41) is 12.0. The highest BCUT2D eigenvalue weighted by molar-refractivity contribution is 7.89. The van der Waals surface area contributed by atoms with Crippen LogP contribution in [-0.4, -0.2) is 32.2 Å². The van der Waals surface area contributed by atoms with E-state index in [0.29, 0.717) is 21.3 Å². The van der Waals surface area contributed by atoms with Crippen LogP contribution in [0.15, 0.2) is 47.4 Å². The number of hydrogen-bond acceptors (Lipinski definition) is 4. The Labute approximate surface area is 155 Å². The molecule has 130 valence electrons. The summed E-state index contributed by atoms with van der Waals surface area (Å²) >= 11 is 11.7. The van der Waals surface area contributed by atoms with Gasteiger partial charge in [0.15, 0.2) is 0 Å². The average Bonchev–Trinajstić information content (AvgIpc) is 2.53. The van der Waals surface area contributed by atoms with Gasteiger partial charge in [0.05, 0.1) is 23.1 Å². The number of carbonyl (C=O) groups excluding carboxylic acids is 1. The number of nitrogens with zero attached hydrogens (tertiary/aromatic N) is 2. The molecule has 1 amide bonds. The standard InChI is InChI=1S/C16H13Cl2N3O3S/c1-21(25(23,24)15-4-2-11(9-19)3-5-15)10-16(22)20-14-7-12(17)6-13(18)8-14/h2-8H,10H2,1H3,(H,20,22). The highest BCUT2D eigenvalue weighted by Crippen LogP contribution is 2.22. The third-order valence-electron chi connectivity index (χ3n) is 3.20. The molecule has 0 fully saturated rings. The van der Waals surface area contributed by atoms with Crippen LogP contribution in [0, 0.1) is 11.3 Å². The number of benzene rings is 2. The highest BCUT2D eigenvalue weighted by atomic mass is 35.5. The van der Waals surface area contributed by atoms with Crippen molar-refractivity contribution in [3.63, 3.8) is 0 Å². The molecule has 0 spiro atoms. The van der Waals surface area contributed by atoms with Gasteiger partial charge >= 0.3 is 0 Å². The lowest BCUT2D eigenvalue weighted by molar-refractivity contribution is -0.116. The largest absolute Gasteiger partial charge is 0.325 e. The predicted molar refractivity (Wildman–Crippen MR) is 96.1 cm³/mol. The average molecular weight is 398 g/mol. The summed E-state index contributed by atoms with van der Waals surface area (Å²) in [5.41, 5.74) is 0.712. The first kappa shape index (κ1) is 19.2. The number of likely N-dealkylation sites (N-methyl/N-ethyl adjacent to an activating group) is 1. The van der Waals surface area contributed by atoms with E-state index in [9.17, 15) is 13.2 Å². The van der Waals surface area contributed by atoms with Crippen molar-refractivity contribution in [3.8, 4) is 6.07 Å². The lowest BCUT2D eigenvalue weighted by Crippen LogP contribution is -2.34. The van der Waals surface area contributed by atoms with Crippen LogP contribution in [0.2, 0.25) is 10.0 Å². The maximum atomic E-state index is 12.4. The van der Waals surface area contributed by atoms with E-state index in [1.54, 1.807) is 0 Å². The van der Waals surface area contributed by atoms with Crippen molar-refractivity contribution in [2.75, 3.05) is 18.9 Å². The second-order valence-electron chi connectivity index (χ2n) is 5.10. The third-order valence-corrected chi connectivity index (χ3v) is 5.46. The Morgan fingerprint density at radius 3 is 2.24 bits per heavy atom. The molecule has 2 aromatic rings. The number of carbonyl (C=O) groups is 1. The van der Waals surface area contributed by atoms with Crippen molar-refractivity contribution in [2.45, 2.75) is 4.90 Å². The smallest absolute Gasteiger partial charge is 0.243 e. The molecule has 0 aliphatic carbocycles. The van der Waals surface area contributed by atoms with E-state index >= 15 is 0 Å². The fourth-order valence-corrected chi connectivity index (χ4v) is 3.65. The van der Waals surface area contributed by atoms with E-state index in [0.717, 1.165) is 4.31 Å². The molecule has 0 saturated heterocycles. The first-order valence-corrected chi connectivity index (χ1v) is 9.14. The number of amides is 1. The van der Waals surface area contributed by atoms with Crippen molar-refractivity contribution in [1.29, 1.82) is 5.26 Å². The van der Waals surface area contributed by atoms with Crippen LogP contribution in [0.25, 0.3) is 0 Å². The van der Waals surface area contributed by atoms with Gasteiger partial charge in [0, 0.05) is 22.8 Å². The van der Waals surface area contributed by atoms with E-state index in [1.165, 1.54) is 49.5 Å². The van der Waals surface area contributed by atoms with E-state index < -0.39 is 22.5 Å². The van der Waals surface area contributed by atoms with Crippen LogP contribution in [0.3, 0.4) is 0 Å². The molecule has 0 aromatic heterocycles. The summed E-state index contributed by atoms with van der Waals surface area (Å²) in [6.07, 6.45) is 0. The molecule has 0 radical (unpaired) electrons. The number of nitrogens with one attached hydrogen (secondary N) is 1. The highest BCUT2D eigenvalue weighted by Gasteiger charge is 2.23. The minimum absolute atomic E-state index is 0.00685.